The SMILES string of the molecule is CCC[C@H](c1cc(Br)cc(Br)c1)N1CCNCC1.Cl.Cl. The van der Waals surface area contributed by atoms with E-state index in [1.165, 1.54) is 18.4 Å². The topological polar surface area (TPSA) is 15.3 Å². The molecule has 2 rings (SSSR count). The van der Waals surface area contributed by atoms with E-state index < -0.39 is 0 Å². The van der Waals surface area contributed by atoms with Crippen LogP contribution in [0.25, 0.3) is 0 Å². The molecule has 1 aromatic carbocycles. The molecule has 1 aliphatic heterocycles. The van der Waals surface area contributed by atoms with Gasteiger partial charge in [-0.2, -0.15) is 0 Å². The fourth-order valence-electron chi connectivity index (χ4n) is 2.59. The maximum absolute atomic E-state index is 3.60. The van der Waals surface area contributed by atoms with Gasteiger partial charge < -0.3 is 5.32 Å². The smallest absolute Gasteiger partial charge is 0.0349 e. The molecule has 1 fully saturated rings. The molecule has 1 atom stereocenters. The maximum atomic E-state index is 3.60. The lowest BCUT2D eigenvalue weighted by atomic mass is 10.00. The molecule has 0 spiro atoms. The zero-order valence-corrected chi connectivity index (χ0v) is 16.4. The van der Waals surface area contributed by atoms with Crippen LogP contribution in [0, 0.1) is 0 Å². The van der Waals surface area contributed by atoms with Gasteiger partial charge in [0.25, 0.3) is 0 Å². The van der Waals surface area contributed by atoms with E-state index >= 15 is 0 Å². The highest BCUT2D eigenvalue weighted by Crippen LogP contribution is 2.30. The summed E-state index contributed by atoms with van der Waals surface area (Å²) in [6.07, 6.45) is 2.45. The molecule has 0 bridgehead atoms. The normalized spacial score (nSPS) is 16.9. The van der Waals surface area contributed by atoms with E-state index in [0.717, 1.165) is 35.1 Å². The van der Waals surface area contributed by atoms with E-state index in [9.17, 15) is 0 Å². The third kappa shape index (κ3) is 5.82. The van der Waals surface area contributed by atoms with Gasteiger partial charge in [0.2, 0.25) is 0 Å². The lowest BCUT2D eigenvalue weighted by molar-refractivity contribution is 0.164. The van der Waals surface area contributed by atoms with E-state index in [-0.39, 0.29) is 24.8 Å². The molecule has 1 saturated heterocycles. The van der Waals surface area contributed by atoms with E-state index in [0.29, 0.717) is 6.04 Å². The first-order valence-corrected chi connectivity index (χ1v) is 8.20. The molecule has 1 aromatic rings. The quantitative estimate of drug-likeness (QED) is 0.711. The second-order valence-corrected chi connectivity index (χ2v) is 6.62. The Morgan fingerprint density at radius 2 is 1.65 bits per heavy atom. The van der Waals surface area contributed by atoms with Crippen LogP contribution in [0.5, 0.6) is 0 Å². The van der Waals surface area contributed by atoms with Crippen LogP contribution in [0.4, 0.5) is 0 Å². The first-order valence-electron chi connectivity index (χ1n) is 6.61. The van der Waals surface area contributed by atoms with Gasteiger partial charge in [-0.15, -0.1) is 24.8 Å². The van der Waals surface area contributed by atoms with Crippen molar-refractivity contribution in [3.8, 4) is 0 Å². The number of hydrogen-bond donors (Lipinski definition) is 1. The standard InChI is InChI=1S/C14H20Br2N2.2ClH/c1-2-3-14(18-6-4-17-5-7-18)11-8-12(15)10-13(16)9-11;;/h8-10,14,17H,2-7H2,1H3;2*1H/t14-;;/m1../s1. The zero-order chi connectivity index (χ0) is 13.0. The summed E-state index contributed by atoms with van der Waals surface area (Å²) in [6, 6.07) is 7.16. The van der Waals surface area contributed by atoms with E-state index in [1.54, 1.807) is 0 Å². The van der Waals surface area contributed by atoms with Gasteiger partial charge in [0.05, 0.1) is 0 Å². The predicted molar refractivity (Wildman–Crippen MR) is 98.4 cm³/mol. The summed E-state index contributed by atoms with van der Waals surface area (Å²) in [5.41, 5.74) is 1.42. The highest BCUT2D eigenvalue weighted by molar-refractivity contribution is 9.11. The van der Waals surface area contributed by atoms with E-state index in [4.69, 9.17) is 0 Å². The zero-order valence-electron chi connectivity index (χ0n) is 11.6. The Balaban J connectivity index is 0.00000180. The first kappa shape index (κ1) is 20.7. The lowest BCUT2D eigenvalue weighted by Crippen LogP contribution is -2.45. The summed E-state index contributed by atoms with van der Waals surface area (Å²) in [5.74, 6) is 0. The third-order valence-electron chi connectivity index (χ3n) is 3.42. The summed E-state index contributed by atoms with van der Waals surface area (Å²) < 4.78 is 2.31. The minimum absolute atomic E-state index is 0. The van der Waals surface area contributed by atoms with Gasteiger partial charge in [0.15, 0.2) is 0 Å². The van der Waals surface area contributed by atoms with Gasteiger partial charge in [0, 0.05) is 41.2 Å². The van der Waals surface area contributed by atoms with Crippen LogP contribution in [0.15, 0.2) is 27.1 Å². The highest BCUT2D eigenvalue weighted by Gasteiger charge is 2.21. The Morgan fingerprint density at radius 3 is 2.15 bits per heavy atom. The second kappa shape index (κ2) is 10.4. The Hall–Kier alpha value is 0.680. The summed E-state index contributed by atoms with van der Waals surface area (Å²) >= 11 is 7.19. The van der Waals surface area contributed by atoms with Crippen molar-refractivity contribution in [3.05, 3.63) is 32.7 Å². The Labute approximate surface area is 151 Å². The van der Waals surface area contributed by atoms with Crippen LogP contribution < -0.4 is 5.32 Å². The lowest BCUT2D eigenvalue weighted by Gasteiger charge is -2.35. The van der Waals surface area contributed by atoms with Gasteiger partial charge >= 0.3 is 0 Å². The average molecular weight is 449 g/mol. The fourth-order valence-corrected chi connectivity index (χ4v) is 3.92. The highest BCUT2D eigenvalue weighted by atomic mass is 79.9. The van der Waals surface area contributed by atoms with Crippen molar-refractivity contribution in [2.45, 2.75) is 25.8 Å². The summed E-state index contributed by atoms with van der Waals surface area (Å²) in [5, 5.41) is 3.43. The molecule has 1 aliphatic rings. The number of piperazine rings is 1. The maximum Gasteiger partial charge on any atom is 0.0349 e. The molecule has 1 heterocycles. The minimum Gasteiger partial charge on any atom is -0.314 e. The second-order valence-electron chi connectivity index (χ2n) is 4.79. The van der Waals surface area contributed by atoms with Crippen molar-refractivity contribution in [1.82, 2.24) is 10.2 Å². The monoisotopic (exact) mass is 446 g/mol. The fraction of sp³-hybridized carbons (Fsp3) is 0.571. The van der Waals surface area contributed by atoms with Crippen molar-refractivity contribution in [3.63, 3.8) is 0 Å². The molecule has 0 saturated carbocycles. The average Bonchev–Trinajstić information content (AvgIpc) is 2.36. The van der Waals surface area contributed by atoms with E-state index in [1.807, 2.05) is 0 Å². The molecule has 0 radical (unpaired) electrons. The first-order chi connectivity index (χ1) is 8.70. The number of nitrogens with zero attached hydrogens (tertiary/aromatic N) is 1. The number of benzene rings is 1. The molecule has 20 heavy (non-hydrogen) atoms. The van der Waals surface area contributed by atoms with Crippen LogP contribution in [0.1, 0.15) is 31.4 Å². The van der Waals surface area contributed by atoms with Crippen LogP contribution >= 0.6 is 56.7 Å². The summed E-state index contributed by atoms with van der Waals surface area (Å²) in [7, 11) is 0. The number of halogens is 4. The molecule has 116 valence electrons. The van der Waals surface area contributed by atoms with Crippen LogP contribution in [0.2, 0.25) is 0 Å². The minimum atomic E-state index is 0. The third-order valence-corrected chi connectivity index (χ3v) is 4.34. The summed E-state index contributed by atoms with van der Waals surface area (Å²) in [4.78, 5) is 2.61. The molecule has 0 aromatic heterocycles. The van der Waals surface area contributed by atoms with Crippen molar-refractivity contribution < 1.29 is 0 Å². The molecule has 6 heteroatoms. The van der Waals surface area contributed by atoms with Crippen LogP contribution in [-0.2, 0) is 0 Å². The van der Waals surface area contributed by atoms with Gasteiger partial charge in [-0.05, 0) is 30.2 Å². The van der Waals surface area contributed by atoms with Crippen molar-refractivity contribution in [1.29, 1.82) is 0 Å². The molecular weight excluding hydrogens is 427 g/mol. The number of nitrogens with one attached hydrogen (secondary N) is 1. The largest absolute Gasteiger partial charge is 0.314 e. The molecule has 0 amide bonds. The predicted octanol–water partition coefficient (Wildman–Crippen LogP) is 4.80. The van der Waals surface area contributed by atoms with Gasteiger partial charge in [-0.25, -0.2) is 0 Å². The molecular formula is C14H22Br2Cl2N2. The molecule has 0 aliphatic carbocycles. The van der Waals surface area contributed by atoms with Gasteiger partial charge in [-0.1, -0.05) is 45.2 Å². The molecule has 1 N–H and O–H groups in total. The van der Waals surface area contributed by atoms with Gasteiger partial charge in [0.1, 0.15) is 0 Å². The van der Waals surface area contributed by atoms with Crippen molar-refractivity contribution in [2.75, 3.05) is 26.2 Å². The Bertz CT molecular complexity index is 379. The number of rotatable bonds is 4. The molecule has 0 unspecified atom stereocenters. The van der Waals surface area contributed by atoms with Crippen LogP contribution in [0.3, 0.4) is 0 Å². The summed E-state index contributed by atoms with van der Waals surface area (Å²) in [6.45, 7) is 6.77. The number of hydrogen-bond acceptors (Lipinski definition) is 2. The van der Waals surface area contributed by atoms with Crippen LogP contribution in [-0.4, -0.2) is 31.1 Å². The molecule has 2 nitrogen and oxygen atoms in total. The van der Waals surface area contributed by atoms with Crippen molar-refractivity contribution >= 4 is 56.7 Å². The van der Waals surface area contributed by atoms with E-state index in [2.05, 4.69) is 67.2 Å². The Morgan fingerprint density at radius 1 is 1.10 bits per heavy atom. The van der Waals surface area contributed by atoms with Gasteiger partial charge in [-0.3, -0.25) is 4.90 Å². The Kier molecular flexibility index (Phi) is 10.8. The van der Waals surface area contributed by atoms with Crippen molar-refractivity contribution in [2.24, 2.45) is 0 Å².